The molecule has 0 unspecified atom stereocenters. The van der Waals surface area contributed by atoms with E-state index < -0.39 is 0 Å². The number of H-pyrrole nitrogens is 1. The SMILES string of the molecule is COc1ccc2[nH]c(-c3cnc(-c4ccc(O[C@H]5CC[C@@H](C)CC5)nc4)cc3C)nc2n1. The van der Waals surface area contributed by atoms with Gasteiger partial charge in [0.05, 0.1) is 18.3 Å². The Labute approximate surface area is 187 Å². The van der Waals surface area contributed by atoms with Gasteiger partial charge in [0.1, 0.15) is 11.9 Å². The molecule has 0 bridgehead atoms. The van der Waals surface area contributed by atoms with Crippen LogP contribution in [0.1, 0.15) is 38.2 Å². The van der Waals surface area contributed by atoms with Gasteiger partial charge in [-0.15, -0.1) is 0 Å². The Balaban J connectivity index is 1.34. The average molecular weight is 430 g/mol. The first kappa shape index (κ1) is 20.4. The smallest absolute Gasteiger partial charge is 0.215 e. The number of aromatic nitrogens is 5. The molecule has 1 aliphatic rings. The molecule has 5 rings (SSSR count). The molecular formula is C25H27N5O2. The van der Waals surface area contributed by atoms with Gasteiger partial charge in [0.15, 0.2) is 5.65 Å². The first-order chi connectivity index (χ1) is 15.6. The van der Waals surface area contributed by atoms with Crippen molar-refractivity contribution >= 4 is 11.2 Å². The second kappa shape index (κ2) is 8.57. The Morgan fingerprint density at radius 1 is 0.938 bits per heavy atom. The molecule has 1 N–H and O–H groups in total. The molecular weight excluding hydrogens is 402 g/mol. The molecule has 0 saturated heterocycles. The zero-order valence-electron chi connectivity index (χ0n) is 18.6. The second-order valence-electron chi connectivity index (χ2n) is 8.58. The van der Waals surface area contributed by atoms with Crippen molar-refractivity contribution in [1.29, 1.82) is 0 Å². The number of pyridine rings is 3. The summed E-state index contributed by atoms with van der Waals surface area (Å²) >= 11 is 0. The lowest BCUT2D eigenvalue weighted by Crippen LogP contribution is -2.23. The first-order valence-electron chi connectivity index (χ1n) is 11.1. The Kier molecular flexibility index (Phi) is 5.47. The second-order valence-corrected chi connectivity index (χ2v) is 8.58. The van der Waals surface area contributed by atoms with Crippen LogP contribution < -0.4 is 9.47 Å². The molecule has 1 fully saturated rings. The summed E-state index contributed by atoms with van der Waals surface area (Å²) in [6, 6.07) is 9.74. The molecule has 0 spiro atoms. The summed E-state index contributed by atoms with van der Waals surface area (Å²) < 4.78 is 11.3. The fourth-order valence-corrected chi connectivity index (χ4v) is 4.20. The average Bonchev–Trinajstić information content (AvgIpc) is 3.24. The van der Waals surface area contributed by atoms with Crippen LogP contribution in [0, 0.1) is 12.8 Å². The number of imidazole rings is 1. The number of nitrogens with zero attached hydrogens (tertiary/aromatic N) is 4. The molecule has 4 aromatic heterocycles. The minimum Gasteiger partial charge on any atom is -0.481 e. The highest BCUT2D eigenvalue weighted by molar-refractivity contribution is 5.77. The van der Waals surface area contributed by atoms with E-state index in [0.717, 1.165) is 52.5 Å². The first-order valence-corrected chi connectivity index (χ1v) is 11.1. The summed E-state index contributed by atoms with van der Waals surface area (Å²) in [6.07, 6.45) is 8.63. The molecule has 4 aromatic rings. The van der Waals surface area contributed by atoms with Crippen molar-refractivity contribution < 1.29 is 9.47 Å². The van der Waals surface area contributed by atoms with E-state index >= 15 is 0 Å². The molecule has 1 saturated carbocycles. The zero-order chi connectivity index (χ0) is 22.1. The van der Waals surface area contributed by atoms with Gasteiger partial charge in [0, 0.05) is 35.7 Å². The van der Waals surface area contributed by atoms with Gasteiger partial charge in [0.2, 0.25) is 11.8 Å². The predicted molar refractivity (Wildman–Crippen MR) is 124 cm³/mol. The number of aryl methyl sites for hydroxylation is 1. The van der Waals surface area contributed by atoms with Crippen LogP contribution in [0.4, 0.5) is 0 Å². The molecule has 0 aromatic carbocycles. The minimum absolute atomic E-state index is 0.280. The van der Waals surface area contributed by atoms with E-state index in [4.69, 9.17) is 9.47 Å². The molecule has 0 amide bonds. The third kappa shape index (κ3) is 4.15. The van der Waals surface area contributed by atoms with E-state index in [1.165, 1.54) is 12.8 Å². The lowest BCUT2D eigenvalue weighted by Gasteiger charge is -2.26. The summed E-state index contributed by atoms with van der Waals surface area (Å²) in [5, 5.41) is 0. The Hall–Kier alpha value is -3.48. The number of hydrogen-bond donors (Lipinski definition) is 1. The van der Waals surface area contributed by atoms with Crippen molar-refractivity contribution in [3.8, 4) is 34.4 Å². The molecule has 0 atom stereocenters. The predicted octanol–water partition coefficient (Wildman–Crippen LogP) is 5.36. The molecule has 0 aliphatic heterocycles. The number of hydrogen-bond acceptors (Lipinski definition) is 6. The Bertz CT molecular complexity index is 1230. The van der Waals surface area contributed by atoms with Gasteiger partial charge in [0.25, 0.3) is 0 Å². The zero-order valence-corrected chi connectivity index (χ0v) is 18.6. The maximum absolute atomic E-state index is 6.08. The third-order valence-electron chi connectivity index (χ3n) is 6.18. The van der Waals surface area contributed by atoms with Crippen LogP contribution in [-0.2, 0) is 0 Å². The van der Waals surface area contributed by atoms with Crippen molar-refractivity contribution in [3.63, 3.8) is 0 Å². The molecule has 4 heterocycles. The van der Waals surface area contributed by atoms with E-state index in [1.807, 2.05) is 36.7 Å². The standard InChI is InChI=1S/C25H27N5O2/c1-15-4-7-18(8-5-15)32-22-10-6-17(13-27-22)21-12-16(2)19(14-26-21)24-28-20-9-11-23(31-3)29-25(20)30-24/h6,9-15,18H,4-5,7-8H2,1-3H3,(H,28,29,30)/t15-,18+. The van der Waals surface area contributed by atoms with E-state index in [1.54, 1.807) is 7.11 Å². The summed E-state index contributed by atoms with van der Waals surface area (Å²) in [7, 11) is 1.60. The summed E-state index contributed by atoms with van der Waals surface area (Å²) in [4.78, 5) is 21.5. The van der Waals surface area contributed by atoms with Gasteiger partial charge in [-0.05, 0) is 62.3 Å². The van der Waals surface area contributed by atoms with Gasteiger partial charge < -0.3 is 14.5 Å². The molecule has 1 aliphatic carbocycles. The summed E-state index contributed by atoms with van der Waals surface area (Å²) in [5.74, 6) is 2.77. The van der Waals surface area contributed by atoms with Gasteiger partial charge in [-0.3, -0.25) is 4.98 Å². The van der Waals surface area contributed by atoms with Crippen LogP contribution in [0.3, 0.4) is 0 Å². The summed E-state index contributed by atoms with van der Waals surface area (Å²) in [6.45, 7) is 4.36. The van der Waals surface area contributed by atoms with Crippen LogP contribution in [0.25, 0.3) is 33.8 Å². The largest absolute Gasteiger partial charge is 0.481 e. The van der Waals surface area contributed by atoms with E-state index in [9.17, 15) is 0 Å². The van der Waals surface area contributed by atoms with Crippen molar-refractivity contribution in [2.45, 2.75) is 45.6 Å². The maximum atomic E-state index is 6.08. The van der Waals surface area contributed by atoms with Gasteiger partial charge in [-0.2, -0.15) is 4.98 Å². The number of methoxy groups -OCH3 is 1. The van der Waals surface area contributed by atoms with Crippen molar-refractivity contribution in [2.24, 2.45) is 5.92 Å². The van der Waals surface area contributed by atoms with E-state index in [-0.39, 0.29) is 6.10 Å². The van der Waals surface area contributed by atoms with Crippen LogP contribution in [-0.4, -0.2) is 38.1 Å². The molecule has 164 valence electrons. The fourth-order valence-electron chi connectivity index (χ4n) is 4.20. The highest BCUT2D eigenvalue weighted by Gasteiger charge is 2.20. The number of ether oxygens (including phenoxy) is 2. The van der Waals surface area contributed by atoms with Crippen LogP contribution >= 0.6 is 0 Å². The summed E-state index contributed by atoms with van der Waals surface area (Å²) in [5.41, 5.74) is 5.31. The van der Waals surface area contributed by atoms with Crippen LogP contribution in [0.15, 0.2) is 42.7 Å². The van der Waals surface area contributed by atoms with Crippen molar-refractivity contribution in [1.82, 2.24) is 24.9 Å². The minimum atomic E-state index is 0.280. The van der Waals surface area contributed by atoms with Crippen molar-refractivity contribution in [2.75, 3.05) is 7.11 Å². The lowest BCUT2D eigenvalue weighted by atomic mass is 9.89. The van der Waals surface area contributed by atoms with Gasteiger partial charge in [-0.1, -0.05) is 6.92 Å². The number of rotatable bonds is 5. The highest BCUT2D eigenvalue weighted by atomic mass is 16.5. The topological polar surface area (TPSA) is 85.8 Å². The molecule has 0 radical (unpaired) electrons. The molecule has 7 heteroatoms. The molecule has 32 heavy (non-hydrogen) atoms. The van der Waals surface area contributed by atoms with E-state index in [0.29, 0.717) is 17.4 Å². The number of nitrogens with one attached hydrogen (secondary N) is 1. The van der Waals surface area contributed by atoms with Crippen LogP contribution in [0.2, 0.25) is 0 Å². The number of fused-ring (bicyclic) bond motifs is 1. The van der Waals surface area contributed by atoms with Crippen molar-refractivity contribution in [3.05, 3.63) is 48.3 Å². The highest BCUT2D eigenvalue weighted by Crippen LogP contribution is 2.29. The normalized spacial score (nSPS) is 18.6. The quantitative estimate of drug-likeness (QED) is 0.460. The Morgan fingerprint density at radius 2 is 1.75 bits per heavy atom. The monoisotopic (exact) mass is 429 g/mol. The lowest BCUT2D eigenvalue weighted by molar-refractivity contribution is 0.130. The van der Waals surface area contributed by atoms with Gasteiger partial charge >= 0.3 is 0 Å². The fraction of sp³-hybridized carbons (Fsp3) is 0.360. The Morgan fingerprint density at radius 3 is 2.47 bits per heavy atom. The van der Waals surface area contributed by atoms with Crippen LogP contribution in [0.5, 0.6) is 11.8 Å². The third-order valence-corrected chi connectivity index (χ3v) is 6.18. The number of aromatic amines is 1. The maximum Gasteiger partial charge on any atom is 0.215 e. The van der Waals surface area contributed by atoms with Gasteiger partial charge in [-0.25, -0.2) is 9.97 Å². The molecule has 7 nitrogen and oxygen atoms in total. The van der Waals surface area contributed by atoms with E-state index in [2.05, 4.69) is 44.8 Å².